The SMILES string of the molecule is CNC(C)Cc1ccc(OC2CCOC2=O)cc1. The minimum absolute atomic E-state index is 0.261. The summed E-state index contributed by atoms with van der Waals surface area (Å²) in [6.07, 6.45) is 1.17. The number of benzene rings is 1. The molecular formula is C14H19NO3. The van der Waals surface area contributed by atoms with Gasteiger partial charge in [-0.05, 0) is 38.1 Å². The first-order valence-electron chi connectivity index (χ1n) is 6.28. The lowest BCUT2D eigenvalue weighted by Gasteiger charge is -2.12. The molecule has 4 nitrogen and oxygen atoms in total. The number of carbonyl (C=O) groups excluding carboxylic acids is 1. The average molecular weight is 249 g/mol. The van der Waals surface area contributed by atoms with Gasteiger partial charge in [-0.3, -0.25) is 0 Å². The highest BCUT2D eigenvalue weighted by atomic mass is 16.6. The van der Waals surface area contributed by atoms with Crippen molar-refractivity contribution in [3.63, 3.8) is 0 Å². The molecule has 0 aliphatic carbocycles. The van der Waals surface area contributed by atoms with Crippen molar-refractivity contribution in [1.82, 2.24) is 5.32 Å². The van der Waals surface area contributed by atoms with Crippen LogP contribution in [0.15, 0.2) is 24.3 Å². The quantitative estimate of drug-likeness (QED) is 0.804. The Hall–Kier alpha value is -1.55. The summed E-state index contributed by atoms with van der Waals surface area (Å²) in [6, 6.07) is 8.32. The van der Waals surface area contributed by atoms with Crippen LogP contribution in [0.25, 0.3) is 0 Å². The van der Waals surface area contributed by atoms with Gasteiger partial charge in [0.25, 0.3) is 0 Å². The Morgan fingerprint density at radius 3 is 2.72 bits per heavy atom. The van der Waals surface area contributed by atoms with Crippen LogP contribution in [0.4, 0.5) is 0 Å². The fraction of sp³-hybridized carbons (Fsp3) is 0.500. The zero-order chi connectivity index (χ0) is 13.0. The number of cyclic esters (lactones) is 1. The molecule has 4 heteroatoms. The van der Waals surface area contributed by atoms with Crippen molar-refractivity contribution >= 4 is 5.97 Å². The van der Waals surface area contributed by atoms with Gasteiger partial charge in [0.05, 0.1) is 6.61 Å². The predicted molar refractivity (Wildman–Crippen MR) is 68.7 cm³/mol. The molecule has 1 aliphatic heterocycles. The van der Waals surface area contributed by atoms with Crippen LogP contribution in [0.2, 0.25) is 0 Å². The van der Waals surface area contributed by atoms with E-state index in [0.29, 0.717) is 19.1 Å². The zero-order valence-electron chi connectivity index (χ0n) is 10.8. The van der Waals surface area contributed by atoms with Crippen LogP contribution >= 0.6 is 0 Å². The van der Waals surface area contributed by atoms with E-state index in [1.165, 1.54) is 5.56 Å². The number of rotatable bonds is 5. The van der Waals surface area contributed by atoms with Crippen LogP contribution in [0.3, 0.4) is 0 Å². The van der Waals surface area contributed by atoms with Crippen LogP contribution < -0.4 is 10.1 Å². The van der Waals surface area contributed by atoms with Gasteiger partial charge in [0.1, 0.15) is 5.75 Å². The summed E-state index contributed by atoms with van der Waals surface area (Å²) in [7, 11) is 1.95. The average Bonchev–Trinajstić information content (AvgIpc) is 2.77. The molecule has 2 unspecified atom stereocenters. The topological polar surface area (TPSA) is 47.6 Å². The lowest BCUT2D eigenvalue weighted by molar-refractivity contribution is -0.143. The van der Waals surface area contributed by atoms with Gasteiger partial charge < -0.3 is 14.8 Å². The van der Waals surface area contributed by atoms with Crippen LogP contribution in [-0.4, -0.2) is 31.8 Å². The molecule has 98 valence electrons. The minimum atomic E-state index is -0.438. The van der Waals surface area contributed by atoms with Gasteiger partial charge in [0.15, 0.2) is 6.10 Å². The number of carbonyl (C=O) groups is 1. The van der Waals surface area contributed by atoms with E-state index < -0.39 is 6.10 Å². The molecule has 1 fully saturated rings. The van der Waals surface area contributed by atoms with Gasteiger partial charge in [0, 0.05) is 12.5 Å². The maximum Gasteiger partial charge on any atom is 0.347 e. The Morgan fingerprint density at radius 1 is 1.44 bits per heavy atom. The van der Waals surface area contributed by atoms with Crippen molar-refractivity contribution in [2.45, 2.75) is 31.9 Å². The second-order valence-electron chi connectivity index (χ2n) is 4.60. The standard InChI is InChI=1S/C14H19NO3/c1-10(15-2)9-11-3-5-12(6-4-11)18-13-7-8-17-14(13)16/h3-6,10,13,15H,7-9H2,1-2H3. The molecule has 0 radical (unpaired) electrons. The zero-order valence-corrected chi connectivity index (χ0v) is 10.8. The minimum Gasteiger partial charge on any atom is -0.479 e. The molecule has 2 rings (SSSR count). The van der Waals surface area contributed by atoms with Crippen LogP contribution in [0.5, 0.6) is 5.75 Å². The highest BCUT2D eigenvalue weighted by Gasteiger charge is 2.28. The molecule has 1 aliphatic rings. The Kier molecular flexibility index (Phi) is 4.20. The summed E-state index contributed by atoms with van der Waals surface area (Å²) in [6.45, 7) is 2.60. The number of hydrogen-bond donors (Lipinski definition) is 1. The molecule has 0 aromatic heterocycles. The number of nitrogens with one attached hydrogen (secondary N) is 1. The van der Waals surface area contributed by atoms with Crippen molar-refractivity contribution in [3.8, 4) is 5.75 Å². The Bertz CT molecular complexity index is 402. The molecule has 2 atom stereocenters. The molecule has 1 saturated heterocycles. The van der Waals surface area contributed by atoms with E-state index in [1.807, 2.05) is 31.3 Å². The third-order valence-corrected chi connectivity index (χ3v) is 3.12. The van der Waals surface area contributed by atoms with Crippen molar-refractivity contribution in [2.24, 2.45) is 0 Å². The van der Waals surface area contributed by atoms with Crippen LogP contribution in [0, 0.1) is 0 Å². The Morgan fingerprint density at radius 2 is 2.17 bits per heavy atom. The fourth-order valence-electron chi connectivity index (χ4n) is 1.91. The largest absolute Gasteiger partial charge is 0.479 e. The summed E-state index contributed by atoms with van der Waals surface area (Å²) >= 11 is 0. The summed E-state index contributed by atoms with van der Waals surface area (Å²) in [5, 5.41) is 3.20. The van der Waals surface area contributed by atoms with E-state index >= 15 is 0 Å². The van der Waals surface area contributed by atoms with Crippen molar-refractivity contribution < 1.29 is 14.3 Å². The second kappa shape index (κ2) is 5.87. The summed E-state index contributed by atoms with van der Waals surface area (Å²) in [4.78, 5) is 11.3. The van der Waals surface area contributed by atoms with Gasteiger partial charge in [-0.2, -0.15) is 0 Å². The van der Waals surface area contributed by atoms with Gasteiger partial charge >= 0.3 is 5.97 Å². The summed E-state index contributed by atoms with van der Waals surface area (Å²) in [5.74, 6) is 0.461. The van der Waals surface area contributed by atoms with Crippen LogP contribution in [-0.2, 0) is 16.0 Å². The highest BCUT2D eigenvalue weighted by Crippen LogP contribution is 2.18. The number of hydrogen-bond acceptors (Lipinski definition) is 4. The molecule has 0 spiro atoms. The molecule has 0 amide bonds. The monoisotopic (exact) mass is 249 g/mol. The van der Waals surface area contributed by atoms with Crippen molar-refractivity contribution in [3.05, 3.63) is 29.8 Å². The van der Waals surface area contributed by atoms with E-state index in [4.69, 9.17) is 9.47 Å². The second-order valence-corrected chi connectivity index (χ2v) is 4.60. The maximum atomic E-state index is 11.3. The molecule has 0 bridgehead atoms. The van der Waals surface area contributed by atoms with Gasteiger partial charge in [-0.1, -0.05) is 12.1 Å². The fourth-order valence-corrected chi connectivity index (χ4v) is 1.91. The first kappa shape index (κ1) is 12.9. The van der Waals surface area contributed by atoms with Crippen molar-refractivity contribution in [2.75, 3.05) is 13.7 Å². The normalized spacial score (nSPS) is 20.6. The lowest BCUT2D eigenvalue weighted by Crippen LogP contribution is -2.23. The van der Waals surface area contributed by atoms with E-state index in [-0.39, 0.29) is 5.97 Å². The molecule has 0 saturated carbocycles. The highest BCUT2D eigenvalue weighted by molar-refractivity contribution is 5.76. The van der Waals surface area contributed by atoms with E-state index in [1.54, 1.807) is 0 Å². The molecule has 1 aromatic rings. The van der Waals surface area contributed by atoms with Crippen LogP contribution in [0.1, 0.15) is 18.9 Å². The van der Waals surface area contributed by atoms with E-state index in [0.717, 1.165) is 12.2 Å². The lowest BCUT2D eigenvalue weighted by atomic mass is 10.1. The first-order chi connectivity index (χ1) is 8.69. The van der Waals surface area contributed by atoms with Gasteiger partial charge in [0.2, 0.25) is 0 Å². The van der Waals surface area contributed by atoms with E-state index in [2.05, 4.69) is 12.2 Å². The maximum absolute atomic E-state index is 11.3. The number of ether oxygens (including phenoxy) is 2. The summed E-state index contributed by atoms with van der Waals surface area (Å²) in [5.41, 5.74) is 1.25. The molecular weight excluding hydrogens is 230 g/mol. The Labute approximate surface area is 107 Å². The summed E-state index contributed by atoms with van der Waals surface area (Å²) < 4.78 is 10.4. The molecule has 1 aromatic carbocycles. The Balaban J connectivity index is 1.93. The molecule has 18 heavy (non-hydrogen) atoms. The van der Waals surface area contributed by atoms with E-state index in [9.17, 15) is 4.79 Å². The third-order valence-electron chi connectivity index (χ3n) is 3.12. The number of likely N-dealkylation sites (N-methyl/N-ethyl adjacent to an activating group) is 1. The van der Waals surface area contributed by atoms with Crippen molar-refractivity contribution in [1.29, 1.82) is 0 Å². The predicted octanol–water partition coefficient (Wildman–Crippen LogP) is 1.53. The first-order valence-corrected chi connectivity index (χ1v) is 6.28. The van der Waals surface area contributed by atoms with Gasteiger partial charge in [-0.15, -0.1) is 0 Å². The number of esters is 1. The van der Waals surface area contributed by atoms with Gasteiger partial charge in [-0.25, -0.2) is 4.79 Å². The smallest absolute Gasteiger partial charge is 0.347 e. The molecule has 1 N–H and O–H groups in total. The third kappa shape index (κ3) is 3.23. The molecule has 1 heterocycles.